The number of hydrogen-bond donors (Lipinski definition) is 0. The van der Waals surface area contributed by atoms with E-state index >= 15 is 0 Å². The molecule has 0 radical (unpaired) electrons. The van der Waals surface area contributed by atoms with Gasteiger partial charge in [0.25, 0.3) is 0 Å². The summed E-state index contributed by atoms with van der Waals surface area (Å²) in [6.07, 6.45) is 3.38. The summed E-state index contributed by atoms with van der Waals surface area (Å²) in [5.74, 6) is 1.99. The van der Waals surface area contributed by atoms with E-state index in [0.29, 0.717) is 5.92 Å². The maximum atomic E-state index is 5.11. The summed E-state index contributed by atoms with van der Waals surface area (Å²) >= 11 is 0. The molecule has 12 heavy (non-hydrogen) atoms. The van der Waals surface area contributed by atoms with Crippen LogP contribution in [0.4, 0.5) is 0 Å². The highest BCUT2D eigenvalue weighted by atomic mass is 16.5. The molecule has 0 aromatic carbocycles. The summed E-state index contributed by atoms with van der Waals surface area (Å²) in [6.45, 7) is 6.18. The van der Waals surface area contributed by atoms with Crippen LogP contribution in [0.1, 0.15) is 50.7 Å². The molecule has 3 nitrogen and oxygen atoms in total. The zero-order chi connectivity index (χ0) is 8.97. The van der Waals surface area contributed by atoms with Crippen molar-refractivity contribution in [3.8, 4) is 0 Å². The third-order valence-corrected chi connectivity index (χ3v) is 2.02. The quantitative estimate of drug-likeness (QED) is 0.693. The molecule has 0 saturated heterocycles. The highest BCUT2D eigenvalue weighted by Gasteiger charge is 2.14. The molecule has 0 unspecified atom stereocenters. The minimum absolute atomic E-state index is 0.455. The minimum Gasteiger partial charge on any atom is -0.339 e. The zero-order valence-electron chi connectivity index (χ0n) is 8.00. The van der Waals surface area contributed by atoms with Crippen molar-refractivity contribution in [1.82, 2.24) is 10.1 Å². The molecule has 0 aliphatic heterocycles. The molecule has 0 aliphatic carbocycles. The molecule has 1 aromatic rings. The van der Waals surface area contributed by atoms with E-state index in [2.05, 4.69) is 24.0 Å². The normalized spacial score (nSPS) is 13.2. The lowest BCUT2D eigenvalue weighted by atomic mass is 10.0. The van der Waals surface area contributed by atoms with Crippen molar-refractivity contribution in [2.24, 2.45) is 0 Å². The Morgan fingerprint density at radius 2 is 2.17 bits per heavy atom. The summed E-state index contributed by atoms with van der Waals surface area (Å²) in [5, 5.41) is 3.78. The van der Waals surface area contributed by atoms with Crippen LogP contribution in [0, 0.1) is 6.92 Å². The Labute approximate surface area is 73.2 Å². The summed E-state index contributed by atoms with van der Waals surface area (Å²) in [6, 6.07) is 0. The van der Waals surface area contributed by atoms with Gasteiger partial charge in [0.05, 0.1) is 0 Å². The Morgan fingerprint density at radius 3 is 2.58 bits per heavy atom. The summed E-state index contributed by atoms with van der Waals surface area (Å²) in [4.78, 5) is 4.22. The van der Waals surface area contributed by atoms with E-state index in [-0.39, 0.29) is 0 Å². The van der Waals surface area contributed by atoms with E-state index in [1.165, 1.54) is 6.42 Å². The lowest BCUT2D eigenvalue weighted by Crippen LogP contribution is -1.96. The Balaban J connectivity index is 2.66. The van der Waals surface area contributed by atoms with E-state index in [1.807, 2.05) is 6.92 Å². The molecule has 1 rings (SSSR count). The number of aryl methyl sites for hydroxylation is 1. The van der Waals surface area contributed by atoms with Gasteiger partial charge in [-0.05, 0) is 19.8 Å². The Morgan fingerprint density at radius 1 is 1.42 bits per heavy atom. The van der Waals surface area contributed by atoms with Crippen LogP contribution in [0.2, 0.25) is 0 Å². The van der Waals surface area contributed by atoms with Crippen LogP contribution < -0.4 is 0 Å². The lowest BCUT2D eigenvalue weighted by Gasteiger charge is -2.06. The number of nitrogens with zero attached hydrogens (tertiary/aromatic N) is 2. The highest BCUT2D eigenvalue weighted by Crippen LogP contribution is 2.22. The third-order valence-electron chi connectivity index (χ3n) is 2.02. The van der Waals surface area contributed by atoms with Gasteiger partial charge in [-0.2, -0.15) is 4.98 Å². The molecular weight excluding hydrogens is 152 g/mol. The molecule has 1 atom stereocenters. The van der Waals surface area contributed by atoms with Gasteiger partial charge in [0, 0.05) is 5.92 Å². The second-order valence-electron chi connectivity index (χ2n) is 3.07. The Hall–Kier alpha value is -0.860. The van der Waals surface area contributed by atoms with Crippen molar-refractivity contribution >= 4 is 0 Å². The van der Waals surface area contributed by atoms with Gasteiger partial charge in [-0.15, -0.1) is 0 Å². The monoisotopic (exact) mass is 168 g/mol. The molecule has 0 aliphatic rings. The SMILES string of the molecule is CCC[C@@H](CC)c1nc(C)no1. The smallest absolute Gasteiger partial charge is 0.229 e. The van der Waals surface area contributed by atoms with Crippen molar-refractivity contribution in [3.05, 3.63) is 11.7 Å². The average molecular weight is 168 g/mol. The van der Waals surface area contributed by atoms with E-state index in [9.17, 15) is 0 Å². The molecule has 0 saturated carbocycles. The first-order valence-electron chi connectivity index (χ1n) is 4.58. The predicted molar refractivity (Wildman–Crippen MR) is 47.0 cm³/mol. The zero-order valence-corrected chi connectivity index (χ0v) is 8.00. The number of aromatic nitrogens is 2. The van der Waals surface area contributed by atoms with E-state index in [4.69, 9.17) is 4.52 Å². The summed E-state index contributed by atoms with van der Waals surface area (Å²) < 4.78 is 5.11. The van der Waals surface area contributed by atoms with Crippen LogP contribution in [0.25, 0.3) is 0 Å². The molecule has 0 N–H and O–H groups in total. The van der Waals surface area contributed by atoms with Crippen molar-refractivity contribution in [2.45, 2.75) is 46.0 Å². The maximum absolute atomic E-state index is 5.11. The fourth-order valence-corrected chi connectivity index (χ4v) is 1.33. The van der Waals surface area contributed by atoms with Crippen molar-refractivity contribution in [1.29, 1.82) is 0 Å². The Kier molecular flexibility index (Phi) is 3.26. The van der Waals surface area contributed by atoms with E-state index in [1.54, 1.807) is 0 Å². The summed E-state index contributed by atoms with van der Waals surface area (Å²) in [7, 11) is 0. The molecular formula is C9H16N2O. The van der Waals surface area contributed by atoms with Crippen molar-refractivity contribution < 1.29 is 4.52 Å². The fourth-order valence-electron chi connectivity index (χ4n) is 1.33. The first-order valence-corrected chi connectivity index (χ1v) is 4.58. The largest absolute Gasteiger partial charge is 0.339 e. The standard InChI is InChI=1S/C9H16N2O/c1-4-6-8(5-2)9-10-7(3)11-12-9/h8H,4-6H2,1-3H3/t8-/m1/s1. The van der Waals surface area contributed by atoms with Crippen LogP contribution in [0.5, 0.6) is 0 Å². The molecule has 1 aromatic heterocycles. The van der Waals surface area contributed by atoms with Crippen LogP contribution in [0.3, 0.4) is 0 Å². The van der Waals surface area contributed by atoms with Gasteiger partial charge in [0.2, 0.25) is 5.89 Å². The second-order valence-corrected chi connectivity index (χ2v) is 3.07. The van der Waals surface area contributed by atoms with Gasteiger partial charge in [-0.1, -0.05) is 25.4 Å². The van der Waals surface area contributed by atoms with Gasteiger partial charge >= 0.3 is 0 Å². The van der Waals surface area contributed by atoms with Gasteiger partial charge in [-0.25, -0.2) is 0 Å². The first-order chi connectivity index (χ1) is 5.77. The Bertz CT molecular complexity index is 232. The predicted octanol–water partition coefficient (Wildman–Crippen LogP) is 2.67. The summed E-state index contributed by atoms with van der Waals surface area (Å²) in [5.41, 5.74) is 0. The molecule has 0 bridgehead atoms. The molecule has 68 valence electrons. The highest BCUT2D eigenvalue weighted by molar-refractivity contribution is 4.91. The topological polar surface area (TPSA) is 38.9 Å². The molecule has 3 heteroatoms. The third kappa shape index (κ3) is 2.06. The first kappa shape index (κ1) is 9.23. The second kappa shape index (κ2) is 4.24. The van der Waals surface area contributed by atoms with Gasteiger partial charge in [0.1, 0.15) is 0 Å². The molecule has 0 fully saturated rings. The average Bonchev–Trinajstić information content (AvgIpc) is 2.47. The number of hydrogen-bond acceptors (Lipinski definition) is 3. The lowest BCUT2D eigenvalue weighted by molar-refractivity contribution is 0.339. The van der Waals surface area contributed by atoms with Gasteiger partial charge in [0.15, 0.2) is 5.82 Å². The van der Waals surface area contributed by atoms with Crippen molar-refractivity contribution in [3.63, 3.8) is 0 Å². The van der Waals surface area contributed by atoms with Crippen LogP contribution in [-0.2, 0) is 0 Å². The fraction of sp³-hybridized carbons (Fsp3) is 0.778. The van der Waals surface area contributed by atoms with E-state index < -0.39 is 0 Å². The molecule has 0 amide bonds. The van der Waals surface area contributed by atoms with Gasteiger partial charge in [-0.3, -0.25) is 0 Å². The van der Waals surface area contributed by atoms with Crippen molar-refractivity contribution in [2.75, 3.05) is 0 Å². The van der Waals surface area contributed by atoms with Crippen LogP contribution in [-0.4, -0.2) is 10.1 Å². The number of rotatable bonds is 4. The van der Waals surface area contributed by atoms with E-state index in [0.717, 1.165) is 24.6 Å². The molecule has 1 heterocycles. The van der Waals surface area contributed by atoms with Crippen LogP contribution in [0.15, 0.2) is 4.52 Å². The maximum Gasteiger partial charge on any atom is 0.229 e. The minimum atomic E-state index is 0.455. The molecule has 0 spiro atoms. The van der Waals surface area contributed by atoms with Gasteiger partial charge < -0.3 is 4.52 Å². The van der Waals surface area contributed by atoms with Crippen LogP contribution >= 0.6 is 0 Å².